The van der Waals surface area contributed by atoms with Gasteiger partial charge in [0.1, 0.15) is 23.4 Å². The molecule has 1 N–H and O–H groups in total. The minimum atomic E-state index is -0.303. The summed E-state index contributed by atoms with van der Waals surface area (Å²) in [6, 6.07) is 15.6. The molecule has 0 bridgehead atoms. The molecule has 2 aromatic carbocycles. The number of nitrogens with one attached hydrogen (secondary N) is 1. The number of ether oxygens (including phenoxy) is 2. The van der Waals surface area contributed by atoms with Crippen LogP contribution in [0.4, 0.5) is 5.95 Å². The smallest absolute Gasteiger partial charge is 0.226 e. The van der Waals surface area contributed by atoms with Crippen molar-refractivity contribution in [3.05, 3.63) is 76.8 Å². The Kier molecular flexibility index (Phi) is 5.17. The minimum absolute atomic E-state index is 0.108. The first-order valence-corrected chi connectivity index (χ1v) is 10.9. The van der Waals surface area contributed by atoms with Gasteiger partial charge < -0.3 is 14.8 Å². The van der Waals surface area contributed by atoms with Crippen LogP contribution < -0.4 is 14.8 Å². The molecule has 1 aliphatic heterocycles. The highest BCUT2D eigenvalue weighted by Crippen LogP contribution is 2.44. The standard InChI is InChI=1S/C25H26N4O3/c1-4-32-20-11-7-17(8-12-20)24-23-21(27-25-26-15(2)28-29(24)25)13-18(14-22(23)30)16-5-9-19(31-3)10-6-16/h5-12,18,24H,4,13-14H2,1-3H3,(H,26,27,28)/t18-,24-/m1/s1. The highest BCUT2D eigenvalue weighted by atomic mass is 16.5. The van der Waals surface area contributed by atoms with Crippen molar-refractivity contribution in [3.63, 3.8) is 0 Å². The predicted molar refractivity (Wildman–Crippen MR) is 121 cm³/mol. The molecule has 2 atom stereocenters. The highest BCUT2D eigenvalue weighted by molar-refractivity contribution is 6.00. The van der Waals surface area contributed by atoms with Gasteiger partial charge in [-0.15, -0.1) is 0 Å². The molecule has 0 radical (unpaired) electrons. The van der Waals surface area contributed by atoms with Crippen molar-refractivity contribution < 1.29 is 14.3 Å². The number of carbonyl (C=O) groups excluding carboxylic acids is 1. The summed E-state index contributed by atoms with van der Waals surface area (Å²) >= 11 is 0. The molecule has 0 saturated heterocycles. The van der Waals surface area contributed by atoms with Crippen molar-refractivity contribution in [1.82, 2.24) is 14.8 Å². The van der Waals surface area contributed by atoms with Crippen molar-refractivity contribution >= 4 is 11.7 Å². The Morgan fingerprint density at radius 1 is 1.03 bits per heavy atom. The number of anilines is 1. The van der Waals surface area contributed by atoms with Gasteiger partial charge in [-0.25, -0.2) is 4.68 Å². The summed E-state index contributed by atoms with van der Waals surface area (Å²) in [5.74, 6) is 3.20. The van der Waals surface area contributed by atoms with E-state index in [2.05, 4.69) is 15.4 Å². The lowest BCUT2D eigenvalue weighted by Gasteiger charge is -2.35. The zero-order valence-electron chi connectivity index (χ0n) is 18.5. The van der Waals surface area contributed by atoms with Gasteiger partial charge in [-0.1, -0.05) is 24.3 Å². The van der Waals surface area contributed by atoms with E-state index < -0.39 is 0 Å². The average Bonchev–Trinajstić information content (AvgIpc) is 3.18. The summed E-state index contributed by atoms with van der Waals surface area (Å²) in [4.78, 5) is 18.1. The molecule has 1 aliphatic carbocycles. The number of fused-ring (bicyclic) bond motifs is 1. The summed E-state index contributed by atoms with van der Waals surface area (Å²) in [5.41, 5.74) is 3.83. The number of carbonyl (C=O) groups is 1. The molecule has 2 aliphatic rings. The summed E-state index contributed by atoms with van der Waals surface area (Å²) in [7, 11) is 1.65. The van der Waals surface area contributed by atoms with Crippen LogP contribution in [0.2, 0.25) is 0 Å². The molecule has 0 fully saturated rings. The molecule has 164 valence electrons. The van der Waals surface area contributed by atoms with Gasteiger partial charge in [0.05, 0.1) is 13.7 Å². The number of rotatable bonds is 5. The maximum Gasteiger partial charge on any atom is 0.226 e. The van der Waals surface area contributed by atoms with Crippen LogP contribution >= 0.6 is 0 Å². The monoisotopic (exact) mass is 430 g/mol. The SMILES string of the molecule is CCOc1ccc([C@@H]2C3=C(C[C@@H](c4ccc(OC)cc4)CC3=O)Nc3nc(C)nn32)cc1. The Hall–Kier alpha value is -3.61. The fourth-order valence-electron chi connectivity index (χ4n) is 4.65. The summed E-state index contributed by atoms with van der Waals surface area (Å²) < 4.78 is 12.7. The van der Waals surface area contributed by atoms with Crippen molar-refractivity contribution in [2.24, 2.45) is 0 Å². The number of benzene rings is 2. The van der Waals surface area contributed by atoms with E-state index in [9.17, 15) is 4.79 Å². The quantitative estimate of drug-likeness (QED) is 0.646. The van der Waals surface area contributed by atoms with Crippen LogP contribution in [0.15, 0.2) is 59.8 Å². The van der Waals surface area contributed by atoms with E-state index in [1.807, 2.05) is 67.1 Å². The number of methoxy groups -OCH3 is 1. The first-order valence-electron chi connectivity index (χ1n) is 10.9. The minimum Gasteiger partial charge on any atom is -0.497 e. The van der Waals surface area contributed by atoms with E-state index in [0.717, 1.165) is 40.3 Å². The van der Waals surface area contributed by atoms with Crippen molar-refractivity contribution in [3.8, 4) is 11.5 Å². The van der Waals surface area contributed by atoms with Crippen LogP contribution in [0.5, 0.6) is 11.5 Å². The van der Waals surface area contributed by atoms with Crippen LogP contribution in [0, 0.1) is 6.92 Å². The van der Waals surface area contributed by atoms with Gasteiger partial charge in [-0.05, 0) is 61.6 Å². The third kappa shape index (κ3) is 3.53. The molecule has 5 rings (SSSR count). The van der Waals surface area contributed by atoms with Gasteiger partial charge in [0.2, 0.25) is 5.95 Å². The molecule has 0 spiro atoms. The summed E-state index contributed by atoms with van der Waals surface area (Å²) in [5, 5.41) is 8.00. The molecule has 3 aromatic rings. The van der Waals surface area contributed by atoms with Crippen molar-refractivity contribution in [2.45, 2.75) is 38.6 Å². The van der Waals surface area contributed by atoms with Crippen LogP contribution in [0.25, 0.3) is 0 Å². The van der Waals surface area contributed by atoms with Crippen LogP contribution in [0.3, 0.4) is 0 Å². The Labute approximate surface area is 187 Å². The van der Waals surface area contributed by atoms with Crippen LogP contribution in [-0.2, 0) is 4.79 Å². The van der Waals surface area contributed by atoms with Gasteiger partial charge in [0.25, 0.3) is 0 Å². The first kappa shape index (κ1) is 20.3. The molecular formula is C25H26N4O3. The number of nitrogens with zero attached hydrogens (tertiary/aromatic N) is 3. The van der Waals surface area contributed by atoms with E-state index in [1.165, 1.54) is 0 Å². The number of aryl methyl sites for hydroxylation is 1. The lowest BCUT2D eigenvalue weighted by Crippen LogP contribution is -2.33. The molecule has 2 heterocycles. The summed E-state index contributed by atoms with van der Waals surface area (Å²) in [6.45, 7) is 4.44. The Morgan fingerprint density at radius 2 is 1.72 bits per heavy atom. The number of ketones is 1. The third-order valence-corrected chi connectivity index (χ3v) is 6.12. The second-order valence-corrected chi connectivity index (χ2v) is 8.15. The molecule has 1 aromatic heterocycles. The van der Waals surface area contributed by atoms with Crippen LogP contribution in [-0.4, -0.2) is 34.3 Å². The molecule has 7 nitrogen and oxygen atoms in total. The maximum absolute atomic E-state index is 13.5. The second kappa shape index (κ2) is 8.15. The first-order chi connectivity index (χ1) is 15.6. The Bertz CT molecular complexity index is 1180. The van der Waals surface area contributed by atoms with E-state index in [1.54, 1.807) is 7.11 Å². The van der Waals surface area contributed by atoms with E-state index in [0.29, 0.717) is 24.8 Å². The Morgan fingerprint density at radius 3 is 2.41 bits per heavy atom. The number of hydrogen-bond donors (Lipinski definition) is 1. The van der Waals surface area contributed by atoms with E-state index in [-0.39, 0.29) is 17.7 Å². The van der Waals surface area contributed by atoms with Crippen molar-refractivity contribution in [1.29, 1.82) is 0 Å². The molecule has 32 heavy (non-hydrogen) atoms. The van der Waals surface area contributed by atoms with Gasteiger partial charge in [0, 0.05) is 17.7 Å². The van der Waals surface area contributed by atoms with E-state index in [4.69, 9.17) is 9.47 Å². The molecule has 0 unspecified atom stereocenters. The largest absolute Gasteiger partial charge is 0.497 e. The maximum atomic E-state index is 13.5. The molecular weight excluding hydrogens is 404 g/mol. The molecule has 0 saturated carbocycles. The highest BCUT2D eigenvalue weighted by Gasteiger charge is 2.39. The number of hydrogen-bond acceptors (Lipinski definition) is 6. The fourth-order valence-corrected chi connectivity index (χ4v) is 4.65. The third-order valence-electron chi connectivity index (χ3n) is 6.12. The van der Waals surface area contributed by atoms with Crippen LogP contribution in [0.1, 0.15) is 48.7 Å². The average molecular weight is 431 g/mol. The van der Waals surface area contributed by atoms with Crippen molar-refractivity contribution in [2.75, 3.05) is 19.0 Å². The van der Waals surface area contributed by atoms with E-state index >= 15 is 0 Å². The summed E-state index contributed by atoms with van der Waals surface area (Å²) in [6.07, 6.45) is 1.20. The lowest BCUT2D eigenvalue weighted by atomic mass is 9.78. The fraction of sp³-hybridized carbons (Fsp3) is 0.320. The number of Topliss-reactive ketones (excluding diaryl/α,β-unsaturated/α-hetero) is 1. The van der Waals surface area contributed by atoms with Gasteiger partial charge in [-0.2, -0.15) is 10.1 Å². The predicted octanol–water partition coefficient (Wildman–Crippen LogP) is 4.41. The zero-order valence-corrected chi connectivity index (χ0v) is 18.5. The topological polar surface area (TPSA) is 78.3 Å². The van der Waals surface area contributed by atoms with Gasteiger partial charge >= 0.3 is 0 Å². The Balaban J connectivity index is 1.54. The zero-order chi connectivity index (χ0) is 22.2. The molecule has 0 amide bonds. The lowest BCUT2D eigenvalue weighted by molar-refractivity contribution is -0.116. The van der Waals surface area contributed by atoms with Gasteiger partial charge in [-0.3, -0.25) is 4.79 Å². The number of allylic oxidation sites excluding steroid dienone is 2. The second-order valence-electron chi connectivity index (χ2n) is 8.15. The molecule has 7 heteroatoms. The van der Waals surface area contributed by atoms with Gasteiger partial charge in [0.15, 0.2) is 5.78 Å². The normalized spacial score (nSPS) is 19.8. The number of aromatic nitrogens is 3.